The Bertz CT molecular complexity index is 1480. The molecule has 7 heteroatoms. The van der Waals surface area contributed by atoms with Crippen LogP contribution in [0.25, 0.3) is 11.0 Å². The van der Waals surface area contributed by atoms with Crippen LogP contribution in [-0.4, -0.2) is 55.4 Å². The van der Waals surface area contributed by atoms with Crippen molar-refractivity contribution in [2.24, 2.45) is 0 Å². The number of aliphatic hydroxyl groups excluding tert-OH is 1. The third kappa shape index (κ3) is 6.27. The molecule has 0 spiro atoms. The number of piperazine rings is 1. The van der Waals surface area contributed by atoms with Gasteiger partial charge in [-0.1, -0.05) is 24.3 Å². The molecule has 0 radical (unpaired) electrons. The van der Waals surface area contributed by atoms with Gasteiger partial charge in [-0.2, -0.15) is 0 Å². The SMILES string of the molecule is Cc1cc(C)cc(Oc2coc3cc(OC[C@H](O)CN4CCN(c5c(C)cccc5C)CC4)ccc3c2=O)c1. The van der Waals surface area contributed by atoms with Crippen LogP contribution in [0.2, 0.25) is 0 Å². The average Bonchev–Trinajstić information content (AvgIpc) is 2.89. The van der Waals surface area contributed by atoms with E-state index >= 15 is 0 Å². The van der Waals surface area contributed by atoms with Crippen LogP contribution in [-0.2, 0) is 0 Å². The van der Waals surface area contributed by atoms with Gasteiger partial charge in [0.25, 0.3) is 0 Å². The van der Waals surface area contributed by atoms with Crippen LogP contribution in [0, 0.1) is 27.7 Å². The van der Waals surface area contributed by atoms with Crippen molar-refractivity contribution in [2.45, 2.75) is 33.8 Å². The van der Waals surface area contributed by atoms with Crippen LogP contribution in [0.1, 0.15) is 22.3 Å². The molecule has 3 aromatic carbocycles. The van der Waals surface area contributed by atoms with Gasteiger partial charge in [0, 0.05) is 44.5 Å². The predicted octanol–water partition coefficient (Wildman–Crippen LogP) is 5.38. The van der Waals surface area contributed by atoms with E-state index in [9.17, 15) is 9.90 Å². The first-order chi connectivity index (χ1) is 18.8. The first-order valence-electron chi connectivity index (χ1n) is 13.4. The van der Waals surface area contributed by atoms with Gasteiger partial charge in [0.2, 0.25) is 11.2 Å². The normalized spacial score (nSPS) is 14.9. The maximum Gasteiger partial charge on any atom is 0.235 e. The summed E-state index contributed by atoms with van der Waals surface area (Å²) in [5.74, 6) is 1.27. The highest BCUT2D eigenvalue weighted by Crippen LogP contribution is 2.27. The van der Waals surface area contributed by atoms with Gasteiger partial charge in [-0.25, -0.2) is 0 Å². The van der Waals surface area contributed by atoms with E-state index in [0.717, 1.165) is 37.3 Å². The minimum absolute atomic E-state index is 0.134. The van der Waals surface area contributed by atoms with Crippen molar-refractivity contribution in [2.75, 3.05) is 44.2 Å². The number of aryl methyl sites for hydroxylation is 4. The molecule has 0 aliphatic carbocycles. The molecule has 1 aromatic heterocycles. The molecular formula is C32H36N2O5. The number of hydrogen-bond donors (Lipinski definition) is 1. The zero-order valence-electron chi connectivity index (χ0n) is 23.1. The van der Waals surface area contributed by atoms with E-state index in [1.807, 2.05) is 32.0 Å². The Morgan fingerprint density at radius 1 is 0.897 bits per heavy atom. The Morgan fingerprint density at radius 2 is 1.59 bits per heavy atom. The van der Waals surface area contributed by atoms with Crippen LogP contribution < -0.4 is 19.8 Å². The second-order valence-electron chi connectivity index (χ2n) is 10.5. The fourth-order valence-corrected chi connectivity index (χ4v) is 5.37. The van der Waals surface area contributed by atoms with E-state index < -0.39 is 6.10 Å². The van der Waals surface area contributed by atoms with Crippen molar-refractivity contribution in [3.63, 3.8) is 0 Å². The number of β-amino-alcohol motifs (C(OH)–C–C–N with tert-alkyl or cyclic N) is 1. The van der Waals surface area contributed by atoms with E-state index in [1.165, 1.54) is 23.1 Å². The van der Waals surface area contributed by atoms with E-state index in [-0.39, 0.29) is 17.8 Å². The number of para-hydroxylation sites is 1. The molecule has 4 aromatic rings. The van der Waals surface area contributed by atoms with Gasteiger partial charge < -0.3 is 23.9 Å². The molecule has 0 bridgehead atoms. The van der Waals surface area contributed by atoms with Crippen LogP contribution in [0.3, 0.4) is 0 Å². The molecule has 0 unspecified atom stereocenters. The lowest BCUT2D eigenvalue weighted by Crippen LogP contribution is -2.49. The first kappa shape index (κ1) is 26.8. The number of ether oxygens (including phenoxy) is 2. The van der Waals surface area contributed by atoms with Crippen molar-refractivity contribution in [3.05, 3.63) is 93.3 Å². The van der Waals surface area contributed by atoms with Crippen LogP contribution in [0.4, 0.5) is 5.69 Å². The molecule has 0 amide bonds. The van der Waals surface area contributed by atoms with Gasteiger partial charge in [0.15, 0.2) is 0 Å². The highest BCUT2D eigenvalue weighted by Gasteiger charge is 2.21. The van der Waals surface area contributed by atoms with Gasteiger partial charge in [0.05, 0.1) is 5.39 Å². The molecule has 1 saturated heterocycles. The summed E-state index contributed by atoms with van der Waals surface area (Å²) in [5, 5.41) is 11.0. The summed E-state index contributed by atoms with van der Waals surface area (Å²) in [4.78, 5) is 17.7. The minimum atomic E-state index is -0.631. The van der Waals surface area contributed by atoms with Crippen molar-refractivity contribution in [3.8, 4) is 17.2 Å². The van der Waals surface area contributed by atoms with Gasteiger partial charge in [-0.3, -0.25) is 9.69 Å². The smallest absolute Gasteiger partial charge is 0.235 e. The molecule has 39 heavy (non-hydrogen) atoms. The Balaban J connectivity index is 1.16. The maximum atomic E-state index is 13.0. The van der Waals surface area contributed by atoms with E-state index in [0.29, 0.717) is 29.0 Å². The summed E-state index contributed by atoms with van der Waals surface area (Å²) >= 11 is 0. The fraction of sp³-hybridized carbons (Fsp3) is 0.344. The van der Waals surface area contributed by atoms with Gasteiger partial charge in [0.1, 0.15) is 36.1 Å². The molecule has 1 aliphatic rings. The van der Waals surface area contributed by atoms with Crippen molar-refractivity contribution >= 4 is 16.7 Å². The molecule has 5 rings (SSSR count). The Labute approximate surface area is 229 Å². The monoisotopic (exact) mass is 528 g/mol. The summed E-state index contributed by atoms with van der Waals surface area (Å²) in [6.45, 7) is 12.6. The van der Waals surface area contributed by atoms with E-state index in [4.69, 9.17) is 13.9 Å². The van der Waals surface area contributed by atoms with Gasteiger partial charge in [-0.05, 0) is 74.2 Å². The Morgan fingerprint density at radius 3 is 2.28 bits per heavy atom. The number of anilines is 1. The number of nitrogens with zero attached hydrogens (tertiary/aromatic N) is 2. The molecule has 0 saturated carbocycles. The maximum absolute atomic E-state index is 13.0. The predicted molar refractivity (Wildman–Crippen MR) is 155 cm³/mol. The minimum Gasteiger partial charge on any atom is -0.491 e. The highest BCUT2D eigenvalue weighted by molar-refractivity contribution is 5.79. The van der Waals surface area contributed by atoms with E-state index in [2.05, 4.69) is 41.8 Å². The van der Waals surface area contributed by atoms with E-state index in [1.54, 1.807) is 18.2 Å². The molecule has 204 valence electrons. The summed E-state index contributed by atoms with van der Waals surface area (Å²) < 4.78 is 17.4. The summed E-state index contributed by atoms with van der Waals surface area (Å²) in [6.07, 6.45) is 0.701. The molecule has 1 N–H and O–H groups in total. The van der Waals surface area contributed by atoms with Crippen LogP contribution in [0.15, 0.2) is 70.1 Å². The second-order valence-corrected chi connectivity index (χ2v) is 10.5. The molecule has 1 aliphatic heterocycles. The zero-order chi connectivity index (χ0) is 27.5. The van der Waals surface area contributed by atoms with Crippen molar-refractivity contribution in [1.29, 1.82) is 0 Å². The first-order valence-corrected chi connectivity index (χ1v) is 13.4. The second kappa shape index (κ2) is 11.5. The molecule has 1 atom stereocenters. The number of fused-ring (bicyclic) bond motifs is 1. The van der Waals surface area contributed by atoms with Crippen LogP contribution >= 0.6 is 0 Å². The summed E-state index contributed by atoms with van der Waals surface area (Å²) in [5.41, 5.74) is 6.19. The third-order valence-corrected chi connectivity index (χ3v) is 7.18. The lowest BCUT2D eigenvalue weighted by molar-refractivity contribution is 0.0663. The summed E-state index contributed by atoms with van der Waals surface area (Å²) in [6, 6.07) is 17.3. The number of benzene rings is 3. The lowest BCUT2D eigenvalue weighted by atomic mass is 10.1. The molecule has 7 nitrogen and oxygen atoms in total. The Hall–Kier alpha value is -3.81. The summed E-state index contributed by atoms with van der Waals surface area (Å²) in [7, 11) is 0. The zero-order valence-corrected chi connectivity index (χ0v) is 23.1. The van der Waals surface area contributed by atoms with Gasteiger partial charge in [-0.15, -0.1) is 0 Å². The number of aliphatic hydroxyl groups is 1. The van der Waals surface area contributed by atoms with Gasteiger partial charge >= 0.3 is 0 Å². The quantitative estimate of drug-likeness (QED) is 0.329. The molecular weight excluding hydrogens is 492 g/mol. The topological polar surface area (TPSA) is 75.4 Å². The third-order valence-electron chi connectivity index (χ3n) is 7.18. The number of hydrogen-bond acceptors (Lipinski definition) is 7. The van der Waals surface area contributed by atoms with Crippen molar-refractivity contribution < 1.29 is 19.0 Å². The van der Waals surface area contributed by atoms with Crippen molar-refractivity contribution in [1.82, 2.24) is 4.90 Å². The largest absolute Gasteiger partial charge is 0.491 e. The standard InChI is InChI=1S/C32H36N2O5/c1-21-14-22(2)16-27(15-21)39-30-20-38-29-17-26(8-9-28(29)32(30)36)37-19-25(35)18-33-10-12-34(13-11-33)31-23(3)6-5-7-24(31)4/h5-9,14-17,20,25,35H,10-13,18-19H2,1-4H3/t25-/m1/s1. The fourth-order valence-electron chi connectivity index (χ4n) is 5.37. The highest BCUT2D eigenvalue weighted by atomic mass is 16.5. The average molecular weight is 529 g/mol. The van der Waals surface area contributed by atoms with Crippen LogP contribution in [0.5, 0.6) is 17.2 Å². The molecule has 2 heterocycles. The Kier molecular flexibility index (Phi) is 7.91. The number of rotatable bonds is 8. The lowest BCUT2D eigenvalue weighted by Gasteiger charge is -2.38. The molecule has 1 fully saturated rings.